The molecule has 0 saturated carbocycles. The minimum Gasteiger partial charge on any atom is -0.322 e. The van der Waals surface area contributed by atoms with Gasteiger partial charge in [0, 0.05) is 16.8 Å². The zero-order valence-corrected chi connectivity index (χ0v) is 15.7. The molecule has 27 heavy (non-hydrogen) atoms. The molecule has 1 amide bonds. The number of amides is 1. The second-order valence-corrected chi connectivity index (χ2v) is 7.61. The zero-order valence-electron chi connectivity index (χ0n) is 14.8. The molecular weight excluding hydrogens is 360 g/mol. The molecule has 3 rings (SSSR count). The van der Waals surface area contributed by atoms with E-state index < -0.39 is 10.0 Å². The summed E-state index contributed by atoms with van der Waals surface area (Å²) in [6.07, 6.45) is 0.819. The number of primary sulfonamides is 1. The van der Waals surface area contributed by atoms with Gasteiger partial charge >= 0.3 is 0 Å². The number of sulfonamides is 1. The number of hydrogen-bond acceptors (Lipinski definition) is 3. The minimum absolute atomic E-state index is 0.0547. The van der Waals surface area contributed by atoms with Crippen LogP contribution in [0.3, 0.4) is 0 Å². The number of carbonyl (C=O) groups is 1. The molecule has 0 heterocycles. The summed E-state index contributed by atoms with van der Waals surface area (Å²) in [4.78, 5) is 12.6. The van der Waals surface area contributed by atoms with Gasteiger partial charge in [-0.2, -0.15) is 0 Å². The Labute approximate surface area is 158 Å². The fourth-order valence-corrected chi connectivity index (χ4v) is 3.66. The fourth-order valence-electron chi connectivity index (χ4n) is 2.90. The van der Waals surface area contributed by atoms with Crippen molar-refractivity contribution in [1.29, 1.82) is 0 Å². The monoisotopic (exact) mass is 380 g/mol. The van der Waals surface area contributed by atoms with Crippen molar-refractivity contribution in [3.05, 3.63) is 83.9 Å². The van der Waals surface area contributed by atoms with Gasteiger partial charge in [0.05, 0.1) is 4.90 Å². The van der Waals surface area contributed by atoms with E-state index >= 15 is 0 Å². The molecule has 0 bridgehead atoms. The van der Waals surface area contributed by atoms with Crippen LogP contribution in [0.2, 0.25) is 0 Å². The first-order chi connectivity index (χ1) is 12.9. The van der Waals surface area contributed by atoms with E-state index in [-0.39, 0.29) is 10.8 Å². The highest BCUT2D eigenvalue weighted by atomic mass is 32.2. The van der Waals surface area contributed by atoms with Crippen molar-refractivity contribution >= 4 is 21.6 Å². The Bertz CT molecular complexity index is 1070. The molecule has 0 aliphatic carbocycles. The Kier molecular flexibility index (Phi) is 5.39. The first kappa shape index (κ1) is 18.8. The van der Waals surface area contributed by atoms with Crippen LogP contribution in [0.15, 0.2) is 77.7 Å². The average Bonchev–Trinajstić information content (AvgIpc) is 2.68. The van der Waals surface area contributed by atoms with Crippen LogP contribution in [0, 0.1) is 0 Å². The van der Waals surface area contributed by atoms with Crippen LogP contribution in [0.4, 0.5) is 5.69 Å². The SMILES string of the molecule is CCc1ccccc1NC(=O)c1ccc(-c2ccccc2S(N)(=O)=O)cc1. The molecule has 0 aliphatic rings. The third-order valence-corrected chi connectivity index (χ3v) is 5.27. The van der Waals surface area contributed by atoms with Crippen LogP contribution in [0.25, 0.3) is 11.1 Å². The van der Waals surface area contributed by atoms with E-state index in [1.807, 2.05) is 31.2 Å². The van der Waals surface area contributed by atoms with Crippen LogP contribution in [-0.4, -0.2) is 14.3 Å². The lowest BCUT2D eigenvalue weighted by atomic mass is 10.0. The molecule has 0 spiro atoms. The summed E-state index contributed by atoms with van der Waals surface area (Å²) in [7, 11) is -3.84. The van der Waals surface area contributed by atoms with Gasteiger partial charge in [0.25, 0.3) is 5.91 Å². The van der Waals surface area contributed by atoms with Crippen molar-refractivity contribution in [2.45, 2.75) is 18.2 Å². The Hall–Kier alpha value is -2.96. The van der Waals surface area contributed by atoms with Crippen molar-refractivity contribution < 1.29 is 13.2 Å². The number of benzene rings is 3. The number of hydrogen-bond donors (Lipinski definition) is 2. The van der Waals surface area contributed by atoms with E-state index in [0.717, 1.165) is 17.7 Å². The summed E-state index contributed by atoms with van der Waals surface area (Å²) < 4.78 is 23.6. The van der Waals surface area contributed by atoms with E-state index in [1.54, 1.807) is 42.5 Å². The Balaban J connectivity index is 1.87. The number of rotatable bonds is 5. The summed E-state index contributed by atoms with van der Waals surface area (Å²) in [6.45, 7) is 2.03. The lowest BCUT2D eigenvalue weighted by Gasteiger charge is -2.11. The number of aryl methyl sites for hydroxylation is 1. The van der Waals surface area contributed by atoms with Crippen molar-refractivity contribution in [2.75, 3.05) is 5.32 Å². The van der Waals surface area contributed by atoms with Crippen LogP contribution in [0.5, 0.6) is 0 Å². The summed E-state index contributed by atoms with van der Waals surface area (Å²) in [5.74, 6) is -0.220. The van der Waals surface area contributed by atoms with Gasteiger partial charge in [-0.3, -0.25) is 4.79 Å². The number of para-hydroxylation sites is 1. The fraction of sp³-hybridized carbons (Fsp3) is 0.0952. The van der Waals surface area contributed by atoms with E-state index in [9.17, 15) is 13.2 Å². The maximum Gasteiger partial charge on any atom is 0.255 e. The normalized spacial score (nSPS) is 11.2. The first-order valence-corrected chi connectivity index (χ1v) is 10.1. The van der Waals surface area contributed by atoms with Crippen molar-refractivity contribution in [1.82, 2.24) is 0 Å². The van der Waals surface area contributed by atoms with Gasteiger partial charge < -0.3 is 5.32 Å². The highest BCUT2D eigenvalue weighted by Gasteiger charge is 2.15. The molecule has 0 aliphatic heterocycles. The molecule has 0 radical (unpaired) electrons. The lowest BCUT2D eigenvalue weighted by molar-refractivity contribution is 0.102. The van der Waals surface area contributed by atoms with Gasteiger partial charge in [-0.05, 0) is 41.8 Å². The molecule has 0 fully saturated rings. The van der Waals surface area contributed by atoms with Crippen molar-refractivity contribution in [3.63, 3.8) is 0 Å². The summed E-state index contributed by atoms with van der Waals surface area (Å²) in [5, 5.41) is 8.21. The van der Waals surface area contributed by atoms with Crippen molar-refractivity contribution in [2.24, 2.45) is 5.14 Å². The third kappa shape index (κ3) is 4.24. The molecule has 5 nitrogen and oxygen atoms in total. The largest absolute Gasteiger partial charge is 0.322 e. The Morgan fingerprint density at radius 3 is 2.22 bits per heavy atom. The number of nitrogens with two attached hydrogens (primary N) is 1. The second kappa shape index (κ2) is 7.73. The molecule has 0 aromatic heterocycles. The molecule has 6 heteroatoms. The highest BCUT2D eigenvalue weighted by molar-refractivity contribution is 7.89. The van der Waals surface area contributed by atoms with Crippen LogP contribution in [-0.2, 0) is 16.4 Å². The summed E-state index contributed by atoms with van der Waals surface area (Å²) in [6, 6.07) is 20.9. The van der Waals surface area contributed by atoms with Gasteiger partial charge in [0.2, 0.25) is 10.0 Å². The molecule has 3 aromatic carbocycles. The smallest absolute Gasteiger partial charge is 0.255 e. The van der Waals surface area contributed by atoms with E-state index in [1.165, 1.54) is 6.07 Å². The number of carbonyl (C=O) groups excluding carboxylic acids is 1. The molecule has 3 aromatic rings. The van der Waals surface area contributed by atoms with E-state index in [2.05, 4.69) is 5.32 Å². The van der Waals surface area contributed by atoms with Gasteiger partial charge in [-0.15, -0.1) is 0 Å². The Morgan fingerprint density at radius 2 is 1.56 bits per heavy atom. The van der Waals surface area contributed by atoms with E-state index in [4.69, 9.17) is 5.14 Å². The second-order valence-electron chi connectivity index (χ2n) is 6.08. The topological polar surface area (TPSA) is 89.3 Å². The Morgan fingerprint density at radius 1 is 0.926 bits per heavy atom. The van der Waals surface area contributed by atoms with Gasteiger partial charge in [0.1, 0.15) is 0 Å². The summed E-state index contributed by atoms with van der Waals surface area (Å²) >= 11 is 0. The number of anilines is 1. The quantitative estimate of drug-likeness (QED) is 0.705. The predicted octanol–water partition coefficient (Wildman–Crippen LogP) is 3.82. The van der Waals surface area contributed by atoms with Crippen LogP contribution >= 0.6 is 0 Å². The van der Waals surface area contributed by atoms with Gasteiger partial charge in [-0.25, -0.2) is 13.6 Å². The van der Waals surface area contributed by atoms with Gasteiger partial charge in [0.15, 0.2) is 0 Å². The highest BCUT2D eigenvalue weighted by Crippen LogP contribution is 2.27. The molecule has 0 unspecified atom stereocenters. The first-order valence-electron chi connectivity index (χ1n) is 8.51. The standard InChI is InChI=1S/C21H20N2O3S/c1-2-15-7-3-5-9-19(15)23-21(24)17-13-11-16(12-14-17)18-8-4-6-10-20(18)27(22,25)26/h3-14H,2H2,1H3,(H,23,24)(H2,22,25,26). The molecule has 138 valence electrons. The average molecular weight is 380 g/mol. The minimum atomic E-state index is -3.84. The molecular formula is C21H20N2O3S. The summed E-state index contributed by atoms with van der Waals surface area (Å²) in [5.41, 5.74) is 3.50. The van der Waals surface area contributed by atoms with Crippen LogP contribution in [0.1, 0.15) is 22.8 Å². The molecule has 0 saturated heterocycles. The maximum absolute atomic E-state index is 12.5. The number of nitrogens with one attached hydrogen (secondary N) is 1. The lowest BCUT2D eigenvalue weighted by Crippen LogP contribution is -2.14. The van der Waals surface area contributed by atoms with Crippen molar-refractivity contribution in [3.8, 4) is 11.1 Å². The molecule has 3 N–H and O–H groups in total. The van der Waals surface area contributed by atoms with Crippen LogP contribution < -0.4 is 10.5 Å². The molecule has 0 atom stereocenters. The van der Waals surface area contributed by atoms with E-state index in [0.29, 0.717) is 16.7 Å². The zero-order chi connectivity index (χ0) is 19.4. The third-order valence-electron chi connectivity index (χ3n) is 4.30. The predicted molar refractivity (Wildman–Crippen MR) is 107 cm³/mol. The van der Waals surface area contributed by atoms with Gasteiger partial charge in [-0.1, -0.05) is 55.5 Å². The maximum atomic E-state index is 12.5.